The molecule has 0 aromatic heterocycles. The third-order valence-electron chi connectivity index (χ3n) is 3.82. The first-order valence-corrected chi connectivity index (χ1v) is 7.75. The highest BCUT2D eigenvalue weighted by Crippen LogP contribution is 2.24. The molecule has 5 nitrogen and oxygen atoms in total. The molecule has 1 aromatic carbocycles. The first-order valence-electron chi connectivity index (χ1n) is 6.95. The summed E-state index contributed by atoms with van der Waals surface area (Å²) in [6.45, 7) is 1.19. The highest BCUT2D eigenvalue weighted by molar-refractivity contribution is 9.10. The molecular formula is C15H21BrClN3O2. The minimum atomic E-state index is -0.0595. The van der Waals surface area contributed by atoms with Crippen molar-refractivity contribution in [2.75, 3.05) is 32.9 Å². The molecule has 0 unspecified atom stereocenters. The lowest BCUT2D eigenvalue weighted by Gasteiger charge is -2.32. The number of anilines is 1. The largest absolute Gasteiger partial charge is 0.398 e. The van der Waals surface area contributed by atoms with Gasteiger partial charge in [0.15, 0.2) is 0 Å². The number of rotatable bonds is 2. The van der Waals surface area contributed by atoms with Gasteiger partial charge < -0.3 is 15.5 Å². The van der Waals surface area contributed by atoms with Crippen LogP contribution in [0.1, 0.15) is 23.2 Å². The number of hydrogen-bond acceptors (Lipinski definition) is 3. The predicted molar refractivity (Wildman–Crippen MR) is 93.1 cm³/mol. The summed E-state index contributed by atoms with van der Waals surface area (Å²) >= 11 is 3.33. The molecule has 0 bridgehead atoms. The van der Waals surface area contributed by atoms with Crippen LogP contribution in [0.3, 0.4) is 0 Å². The molecule has 2 N–H and O–H groups in total. The third kappa shape index (κ3) is 4.14. The fraction of sp³-hybridized carbons (Fsp3) is 0.467. The summed E-state index contributed by atoms with van der Waals surface area (Å²) in [6, 6.07) is 5.28. The van der Waals surface area contributed by atoms with Crippen molar-refractivity contribution in [3.05, 3.63) is 28.2 Å². The van der Waals surface area contributed by atoms with Crippen molar-refractivity contribution < 1.29 is 9.59 Å². The van der Waals surface area contributed by atoms with Crippen LogP contribution in [0, 0.1) is 5.92 Å². The van der Waals surface area contributed by atoms with E-state index in [0.29, 0.717) is 37.2 Å². The number of nitrogen functional groups attached to an aromatic ring is 1. The van der Waals surface area contributed by atoms with Gasteiger partial charge in [-0.05, 0) is 31.0 Å². The van der Waals surface area contributed by atoms with Crippen LogP contribution in [-0.4, -0.2) is 48.8 Å². The standard InChI is InChI=1S/C15H20BrN3O2.ClH/c1-18(2)14(20)10-5-7-19(8-6-10)15(21)12-4-3-11(16)9-13(12)17;/h3-4,9-10H,5-8,17H2,1-2H3;1H. The Morgan fingerprint density at radius 3 is 2.36 bits per heavy atom. The van der Waals surface area contributed by atoms with E-state index in [0.717, 1.165) is 4.47 Å². The van der Waals surface area contributed by atoms with E-state index in [1.165, 1.54) is 0 Å². The monoisotopic (exact) mass is 389 g/mol. The zero-order valence-corrected chi connectivity index (χ0v) is 15.1. The topological polar surface area (TPSA) is 66.6 Å². The summed E-state index contributed by atoms with van der Waals surface area (Å²) in [6.07, 6.45) is 1.42. The number of carbonyl (C=O) groups excluding carboxylic acids is 2. The van der Waals surface area contributed by atoms with Crippen LogP contribution in [0.2, 0.25) is 0 Å². The number of piperidine rings is 1. The van der Waals surface area contributed by atoms with Gasteiger partial charge in [0.05, 0.1) is 5.56 Å². The minimum Gasteiger partial charge on any atom is -0.398 e. The molecule has 1 heterocycles. The number of carbonyl (C=O) groups is 2. The zero-order chi connectivity index (χ0) is 15.6. The van der Waals surface area contributed by atoms with E-state index in [4.69, 9.17) is 5.73 Å². The van der Waals surface area contributed by atoms with E-state index >= 15 is 0 Å². The van der Waals surface area contributed by atoms with Gasteiger partial charge in [-0.2, -0.15) is 0 Å². The second-order valence-electron chi connectivity index (χ2n) is 5.53. The van der Waals surface area contributed by atoms with Crippen molar-refractivity contribution in [3.8, 4) is 0 Å². The molecule has 0 spiro atoms. The molecule has 0 atom stereocenters. The molecule has 1 saturated heterocycles. The minimum absolute atomic E-state index is 0. The van der Waals surface area contributed by atoms with Gasteiger partial charge in [0.25, 0.3) is 5.91 Å². The second-order valence-corrected chi connectivity index (χ2v) is 6.45. The maximum Gasteiger partial charge on any atom is 0.255 e. The molecule has 1 aromatic rings. The van der Waals surface area contributed by atoms with Gasteiger partial charge in [0, 0.05) is 43.3 Å². The first-order chi connectivity index (χ1) is 9.90. The van der Waals surface area contributed by atoms with Crippen molar-refractivity contribution in [1.29, 1.82) is 0 Å². The maximum absolute atomic E-state index is 12.5. The van der Waals surface area contributed by atoms with E-state index in [-0.39, 0.29) is 30.1 Å². The molecule has 0 aliphatic carbocycles. The lowest BCUT2D eigenvalue weighted by Crippen LogP contribution is -2.42. The van der Waals surface area contributed by atoms with Gasteiger partial charge >= 0.3 is 0 Å². The molecule has 7 heteroatoms. The Morgan fingerprint density at radius 2 is 1.86 bits per heavy atom. The van der Waals surface area contributed by atoms with Crippen molar-refractivity contribution in [3.63, 3.8) is 0 Å². The van der Waals surface area contributed by atoms with Crippen molar-refractivity contribution in [2.45, 2.75) is 12.8 Å². The van der Waals surface area contributed by atoms with Crippen molar-refractivity contribution in [1.82, 2.24) is 9.80 Å². The first kappa shape index (κ1) is 18.8. The average molecular weight is 391 g/mol. The molecule has 22 heavy (non-hydrogen) atoms. The van der Waals surface area contributed by atoms with Crippen LogP contribution in [0.25, 0.3) is 0 Å². The lowest BCUT2D eigenvalue weighted by atomic mass is 9.95. The van der Waals surface area contributed by atoms with Gasteiger partial charge in [0.2, 0.25) is 5.91 Å². The summed E-state index contributed by atoms with van der Waals surface area (Å²) in [5.74, 6) is 0.104. The quantitative estimate of drug-likeness (QED) is 0.789. The summed E-state index contributed by atoms with van der Waals surface area (Å²) in [7, 11) is 3.53. The summed E-state index contributed by atoms with van der Waals surface area (Å²) in [5, 5.41) is 0. The Hall–Kier alpha value is -1.27. The number of hydrogen-bond donors (Lipinski definition) is 1. The fourth-order valence-corrected chi connectivity index (χ4v) is 2.97. The summed E-state index contributed by atoms with van der Waals surface area (Å²) < 4.78 is 0.854. The summed E-state index contributed by atoms with van der Waals surface area (Å²) in [4.78, 5) is 27.8. The molecule has 1 fully saturated rings. The van der Waals surface area contributed by atoms with Crippen molar-refractivity contribution in [2.24, 2.45) is 5.92 Å². The van der Waals surface area contributed by atoms with Crippen LogP contribution < -0.4 is 5.73 Å². The maximum atomic E-state index is 12.5. The molecule has 0 saturated carbocycles. The second kappa shape index (κ2) is 7.83. The highest BCUT2D eigenvalue weighted by Gasteiger charge is 2.29. The Kier molecular flexibility index (Phi) is 6.68. The number of nitrogens with zero attached hydrogens (tertiary/aromatic N) is 2. The predicted octanol–water partition coefficient (Wildman–Crippen LogP) is 2.39. The SMILES string of the molecule is CN(C)C(=O)C1CCN(C(=O)c2ccc(Br)cc2N)CC1.Cl. The van der Waals surface area contributed by atoms with Gasteiger partial charge in [-0.25, -0.2) is 0 Å². The van der Waals surface area contributed by atoms with Gasteiger partial charge in [-0.3, -0.25) is 9.59 Å². The van der Waals surface area contributed by atoms with E-state index in [9.17, 15) is 9.59 Å². The van der Waals surface area contributed by atoms with E-state index in [2.05, 4.69) is 15.9 Å². The van der Waals surface area contributed by atoms with E-state index in [1.54, 1.807) is 36.0 Å². The van der Waals surface area contributed by atoms with Crippen molar-refractivity contribution >= 4 is 45.8 Å². The normalized spacial score (nSPS) is 15.1. The van der Waals surface area contributed by atoms with Crippen LogP contribution in [0.15, 0.2) is 22.7 Å². The molecule has 1 aliphatic heterocycles. The third-order valence-corrected chi connectivity index (χ3v) is 4.31. The fourth-order valence-electron chi connectivity index (χ4n) is 2.59. The Balaban J connectivity index is 0.00000242. The highest BCUT2D eigenvalue weighted by atomic mass is 79.9. The van der Waals surface area contributed by atoms with Crippen LogP contribution in [0.4, 0.5) is 5.69 Å². The smallest absolute Gasteiger partial charge is 0.255 e. The Labute approximate surface area is 145 Å². The molecular weight excluding hydrogens is 370 g/mol. The summed E-state index contributed by atoms with van der Waals surface area (Å²) in [5.41, 5.74) is 6.90. The molecule has 1 aliphatic rings. The Morgan fingerprint density at radius 1 is 1.27 bits per heavy atom. The van der Waals surface area contributed by atoms with E-state index < -0.39 is 0 Å². The zero-order valence-electron chi connectivity index (χ0n) is 12.7. The van der Waals surface area contributed by atoms with E-state index in [1.807, 2.05) is 6.07 Å². The Bertz CT molecular complexity index is 558. The van der Waals surface area contributed by atoms with Gasteiger partial charge in [-0.15, -0.1) is 12.4 Å². The van der Waals surface area contributed by atoms with Crippen LogP contribution in [-0.2, 0) is 4.79 Å². The molecule has 2 rings (SSSR count). The molecule has 2 amide bonds. The van der Waals surface area contributed by atoms with Gasteiger partial charge in [-0.1, -0.05) is 15.9 Å². The van der Waals surface area contributed by atoms with Crippen LogP contribution in [0.5, 0.6) is 0 Å². The number of nitrogens with two attached hydrogens (primary N) is 1. The number of halogens is 2. The average Bonchev–Trinajstić information content (AvgIpc) is 2.46. The van der Waals surface area contributed by atoms with Gasteiger partial charge in [0.1, 0.15) is 0 Å². The molecule has 0 radical (unpaired) electrons. The molecule has 122 valence electrons. The lowest BCUT2D eigenvalue weighted by molar-refractivity contribution is -0.134. The number of likely N-dealkylation sites (tertiary alicyclic amines) is 1. The van der Waals surface area contributed by atoms with Crippen LogP contribution >= 0.6 is 28.3 Å². The number of benzene rings is 1. The number of amides is 2.